The zero-order chi connectivity index (χ0) is 13.8. The molecule has 0 aliphatic heterocycles. The fraction of sp³-hybridized carbons (Fsp3) is 0.929. The Morgan fingerprint density at radius 3 is 2.56 bits per heavy atom. The SMILES string of the molecule is CCOC(=O)C(N)(CN(C)CC(C)CC)C1CC1. The Bertz CT molecular complexity index is 279. The maximum atomic E-state index is 12.1. The van der Waals surface area contributed by atoms with E-state index >= 15 is 0 Å². The molecule has 106 valence electrons. The van der Waals surface area contributed by atoms with E-state index in [1.807, 2.05) is 14.0 Å². The number of carbonyl (C=O) groups is 1. The largest absolute Gasteiger partial charge is 0.465 e. The highest BCUT2D eigenvalue weighted by atomic mass is 16.5. The number of nitrogens with two attached hydrogens (primary N) is 1. The Balaban J connectivity index is 2.59. The first-order valence-electron chi connectivity index (χ1n) is 7.08. The molecular formula is C14H28N2O2. The molecule has 1 fully saturated rings. The smallest absolute Gasteiger partial charge is 0.327 e. The van der Waals surface area contributed by atoms with E-state index in [0.717, 1.165) is 25.8 Å². The van der Waals surface area contributed by atoms with Gasteiger partial charge in [0.05, 0.1) is 6.61 Å². The monoisotopic (exact) mass is 256 g/mol. The van der Waals surface area contributed by atoms with E-state index in [4.69, 9.17) is 10.5 Å². The Hall–Kier alpha value is -0.610. The minimum absolute atomic E-state index is 0.233. The summed E-state index contributed by atoms with van der Waals surface area (Å²) in [5.41, 5.74) is 5.53. The summed E-state index contributed by atoms with van der Waals surface area (Å²) in [6.45, 7) is 8.20. The van der Waals surface area contributed by atoms with Crippen molar-refractivity contribution in [1.29, 1.82) is 0 Å². The van der Waals surface area contributed by atoms with E-state index in [9.17, 15) is 4.79 Å². The molecule has 1 saturated carbocycles. The average Bonchev–Trinajstić information content (AvgIpc) is 3.12. The highest BCUT2D eigenvalue weighted by Gasteiger charge is 2.49. The minimum atomic E-state index is -0.807. The Morgan fingerprint density at radius 1 is 1.50 bits per heavy atom. The molecule has 0 bridgehead atoms. The van der Waals surface area contributed by atoms with Crippen molar-refractivity contribution in [1.82, 2.24) is 4.90 Å². The van der Waals surface area contributed by atoms with Crippen LogP contribution in [0.1, 0.15) is 40.0 Å². The number of esters is 1. The van der Waals surface area contributed by atoms with Crippen LogP contribution in [0.2, 0.25) is 0 Å². The number of carbonyl (C=O) groups excluding carboxylic acids is 1. The van der Waals surface area contributed by atoms with E-state index in [1.165, 1.54) is 0 Å². The molecule has 0 amide bonds. The molecule has 0 aromatic carbocycles. The highest BCUT2D eigenvalue weighted by Crippen LogP contribution is 2.39. The van der Waals surface area contributed by atoms with Crippen LogP contribution in [-0.2, 0) is 9.53 Å². The lowest BCUT2D eigenvalue weighted by Crippen LogP contribution is -2.58. The van der Waals surface area contributed by atoms with Gasteiger partial charge in [-0.15, -0.1) is 0 Å². The summed E-state index contributed by atoms with van der Waals surface area (Å²) in [6, 6.07) is 0. The first-order valence-corrected chi connectivity index (χ1v) is 7.08. The molecule has 0 radical (unpaired) electrons. The average molecular weight is 256 g/mol. The van der Waals surface area contributed by atoms with Gasteiger partial charge >= 0.3 is 5.97 Å². The summed E-state index contributed by atoms with van der Waals surface area (Å²) in [7, 11) is 2.04. The van der Waals surface area contributed by atoms with E-state index < -0.39 is 5.54 Å². The van der Waals surface area contributed by atoms with Gasteiger partial charge in [-0.2, -0.15) is 0 Å². The van der Waals surface area contributed by atoms with Crippen molar-refractivity contribution in [2.45, 2.75) is 45.6 Å². The molecule has 0 spiro atoms. The second kappa shape index (κ2) is 6.53. The van der Waals surface area contributed by atoms with Crippen molar-refractivity contribution in [3.05, 3.63) is 0 Å². The van der Waals surface area contributed by atoms with Gasteiger partial charge in [0.2, 0.25) is 0 Å². The summed E-state index contributed by atoms with van der Waals surface area (Å²) in [5.74, 6) is 0.695. The Morgan fingerprint density at radius 2 is 2.11 bits per heavy atom. The zero-order valence-electron chi connectivity index (χ0n) is 12.2. The summed E-state index contributed by atoms with van der Waals surface area (Å²) < 4.78 is 5.15. The normalized spacial score (nSPS) is 20.6. The second-order valence-electron chi connectivity index (χ2n) is 5.75. The van der Waals surface area contributed by atoms with Crippen LogP contribution in [0.3, 0.4) is 0 Å². The van der Waals surface area contributed by atoms with E-state index in [-0.39, 0.29) is 5.97 Å². The predicted octanol–water partition coefficient (Wildman–Crippen LogP) is 1.63. The van der Waals surface area contributed by atoms with Crippen LogP contribution in [0.25, 0.3) is 0 Å². The Kier molecular flexibility index (Phi) is 5.60. The van der Waals surface area contributed by atoms with Gasteiger partial charge in [-0.25, -0.2) is 4.79 Å². The maximum Gasteiger partial charge on any atom is 0.327 e. The van der Waals surface area contributed by atoms with Crippen molar-refractivity contribution >= 4 is 5.97 Å². The fourth-order valence-corrected chi connectivity index (χ4v) is 2.40. The molecule has 0 aromatic rings. The number of nitrogens with zero attached hydrogens (tertiary/aromatic N) is 1. The van der Waals surface area contributed by atoms with Gasteiger partial charge in [-0.1, -0.05) is 20.3 Å². The maximum absolute atomic E-state index is 12.1. The van der Waals surface area contributed by atoms with Crippen LogP contribution in [0, 0.1) is 11.8 Å². The third-order valence-electron chi connectivity index (χ3n) is 3.81. The van der Waals surface area contributed by atoms with Crippen molar-refractivity contribution < 1.29 is 9.53 Å². The summed E-state index contributed by atoms with van der Waals surface area (Å²) in [6.07, 6.45) is 3.24. The molecule has 2 atom stereocenters. The minimum Gasteiger partial charge on any atom is -0.465 e. The number of ether oxygens (including phenoxy) is 1. The molecule has 0 heterocycles. The molecule has 4 heteroatoms. The van der Waals surface area contributed by atoms with Crippen molar-refractivity contribution in [3.8, 4) is 0 Å². The van der Waals surface area contributed by atoms with Gasteiger partial charge in [0, 0.05) is 13.1 Å². The number of likely N-dealkylation sites (N-methyl/N-ethyl adjacent to an activating group) is 1. The standard InChI is InChI=1S/C14H28N2O2/c1-5-11(3)9-16(4)10-14(15,12-7-8-12)13(17)18-6-2/h11-12H,5-10,15H2,1-4H3. The quantitative estimate of drug-likeness (QED) is 0.671. The first kappa shape index (κ1) is 15.4. The van der Waals surface area contributed by atoms with Gasteiger partial charge in [0.15, 0.2) is 0 Å². The lowest BCUT2D eigenvalue weighted by Gasteiger charge is -2.32. The van der Waals surface area contributed by atoms with Crippen LogP contribution in [0.15, 0.2) is 0 Å². The third kappa shape index (κ3) is 3.95. The molecule has 2 unspecified atom stereocenters. The predicted molar refractivity (Wildman–Crippen MR) is 73.2 cm³/mol. The lowest BCUT2D eigenvalue weighted by atomic mass is 9.93. The van der Waals surface area contributed by atoms with Crippen molar-refractivity contribution in [2.24, 2.45) is 17.6 Å². The molecule has 1 aliphatic rings. The van der Waals surface area contributed by atoms with Crippen LogP contribution in [-0.4, -0.2) is 43.2 Å². The number of rotatable bonds is 8. The molecule has 1 rings (SSSR count). The number of hydrogen-bond donors (Lipinski definition) is 1. The van der Waals surface area contributed by atoms with E-state index in [1.54, 1.807) is 0 Å². The molecule has 18 heavy (non-hydrogen) atoms. The zero-order valence-corrected chi connectivity index (χ0v) is 12.2. The Labute approximate surface area is 111 Å². The third-order valence-corrected chi connectivity index (χ3v) is 3.81. The molecule has 2 N–H and O–H groups in total. The van der Waals surface area contributed by atoms with Gasteiger partial charge in [-0.05, 0) is 38.6 Å². The van der Waals surface area contributed by atoms with Gasteiger partial charge in [-0.3, -0.25) is 0 Å². The van der Waals surface area contributed by atoms with Crippen LogP contribution in [0.4, 0.5) is 0 Å². The van der Waals surface area contributed by atoms with Gasteiger partial charge in [0.25, 0.3) is 0 Å². The first-order chi connectivity index (χ1) is 8.43. The van der Waals surface area contributed by atoms with Crippen LogP contribution >= 0.6 is 0 Å². The topological polar surface area (TPSA) is 55.6 Å². The second-order valence-corrected chi connectivity index (χ2v) is 5.75. The molecule has 0 aromatic heterocycles. The number of hydrogen-bond acceptors (Lipinski definition) is 4. The van der Waals surface area contributed by atoms with Gasteiger partial charge < -0.3 is 15.4 Å². The molecular weight excluding hydrogens is 228 g/mol. The summed E-state index contributed by atoms with van der Waals surface area (Å²) in [4.78, 5) is 14.2. The van der Waals surface area contributed by atoms with Gasteiger partial charge in [0.1, 0.15) is 5.54 Å². The molecule has 0 saturated heterocycles. The fourth-order valence-electron chi connectivity index (χ4n) is 2.40. The van der Waals surface area contributed by atoms with Crippen molar-refractivity contribution in [3.63, 3.8) is 0 Å². The summed E-state index contributed by atoms with van der Waals surface area (Å²) in [5, 5.41) is 0. The summed E-state index contributed by atoms with van der Waals surface area (Å²) >= 11 is 0. The molecule has 4 nitrogen and oxygen atoms in total. The lowest BCUT2D eigenvalue weighted by molar-refractivity contribution is -0.151. The van der Waals surface area contributed by atoms with Crippen molar-refractivity contribution in [2.75, 3.05) is 26.7 Å². The van der Waals surface area contributed by atoms with E-state index in [0.29, 0.717) is 25.0 Å². The van der Waals surface area contributed by atoms with Crippen LogP contribution < -0.4 is 5.73 Å². The van der Waals surface area contributed by atoms with Crippen LogP contribution in [0.5, 0.6) is 0 Å². The molecule has 1 aliphatic carbocycles. The van der Waals surface area contributed by atoms with E-state index in [2.05, 4.69) is 18.7 Å². The highest BCUT2D eigenvalue weighted by molar-refractivity contribution is 5.82.